The Hall–Kier alpha value is -3.97. The number of hydrogen-bond donors (Lipinski definition) is 1. The van der Waals surface area contributed by atoms with Crippen molar-refractivity contribution in [3.05, 3.63) is 53.2 Å². The average molecular weight is 555 g/mol. The highest BCUT2D eigenvalue weighted by atomic mass is 16.2. The lowest BCUT2D eigenvalue weighted by molar-refractivity contribution is -0.129. The number of carbonyl (C=O) groups is 2. The Balaban J connectivity index is 1.40. The number of amides is 2. The van der Waals surface area contributed by atoms with Crippen molar-refractivity contribution in [2.45, 2.75) is 56.5 Å². The molecule has 1 aliphatic carbocycles. The topological polar surface area (TPSA) is 109 Å². The standard InChI is InChI=1S/C31H38N8O2/c1-20(2)28(40)39-15-14-37(17-22(39)11-13-32)27-26-25(33-30(35-27)38-18-23(19-38)36(3)4)16-31(29(41)34-26)12-7-9-21-8-5-6-10-24(21)31/h5-6,8,10,22-23H,1,7,9,11-12,14-19H2,2-4H3,(H,34,41)/t22-,31?/m0/s1. The number of rotatable bonds is 5. The lowest BCUT2D eigenvalue weighted by atomic mass is 9.65. The first-order valence-corrected chi connectivity index (χ1v) is 14.5. The first-order valence-electron chi connectivity index (χ1n) is 14.5. The Bertz CT molecular complexity index is 1440. The third-order valence-corrected chi connectivity index (χ3v) is 9.29. The van der Waals surface area contributed by atoms with Gasteiger partial charge in [0.05, 0.1) is 29.6 Å². The molecule has 1 spiro atoms. The molecule has 1 aromatic heterocycles. The number of hydrogen-bond acceptors (Lipinski definition) is 8. The molecule has 2 saturated heterocycles. The van der Waals surface area contributed by atoms with Crippen molar-refractivity contribution in [2.75, 3.05) is 61.9 Å². The van der Waals surface area contributed by atoms with Crippen LogP contribution in [0, 0.1) is 11.3 Å². The Morgan fingerprint density at radius 3 is 2.71 bits per heavy atom. The molecule has 10 nitrogen and oxygen atoms in total. The largest absolute Gasteiger partial charge is 0.351 e. The van der Waals surface area contributed by atoms with Crippen molar-refractivity contribution in [3.8, 4) is 6.07 Å². The highest BCUT2D eigenvalue weighted by Crippen LogP contribution is 2.46. The van der Waals surface area contributed by atoms with E-state index < -0.39 is 5.41 Å². The van der Waals surface area contributed by atoms with Gasteiger partial charge >= 0.3 is 0 Å². The first kappa shape index (κ1) is 27.2. The molecule has 2 aromatic rings. The molecule has 41 heavy (non-hydrogen) atoms. The smallest absolute Gasteiger partial charge is 0.249 e. The predicted molar refractivity (Wildman–Crippen MR) is 158 cm³/mol. The molecule has 4 aliphatic rings. The third-order valence-electron chi connectivity index (χ3n) is 9.29. The number of piperazine rings is 1. The lowest BCUT2D eigenvalue weighted by Crippen LogP contribution is -2.58. The van der Waals surface area contributed by atoms with E-state index in [-0.39, 0.29) is 24.3 Å². The number of aryl methyl sites for hydroxylation is 1. The molecule has 2 fully saturated rings. The molecular weight excluding hydrogens is 516 g/mol. The maximum absolute atomic E-state index is 14.0. The molecule has 214 valence electrons. The Morgan fingerprint density at radius 2 is 1.98 bits per heavy atom. The molecule has 1 unspecified atom stereocenters. The van der Waals surface area contributed by atoms with E-state index in [1.807, 2.05) is 12.1 Å². The molecule has 0 bridgehead atoms. The zero-order valence-corrected chi connectivity index (χ0v) is 24.2. The quantitative estimate of drug-likeness (QED) is 0.562. The van der Waals surface area contributed by atoms with Gasteiger partial charge in [-0.3, -0.25) is 9.59 Å². The second-order valence-electron chi connectivity index (χ2n) is 12.2. The summed E-state index contributed by atoms with van der Waals surface area (Å²) in [5.74, 6) is 1.22. The first-order chi connectivity index (χ1) is 19.7. The normalized spacial score (nSPS) is 23.9. The van der Waals surface area contributed by atoms with Gasteiger partial charge in [-0.05, 0) is 51.4 Å². The highest BCUT2D eigenvalue weighted by molar-refractivity contribution is 6.04. The van der Waals surface area contributed by atoms with Crippen LogP contribution in [-0.2, 0) is 27.8 Å². The van der Waals surface area contributed by atoms with E-state index in [2.05, 4.69) is 58.9 Å². The summed E-state index contributed by atoms with van der Waals surface area (Å²) in [6.45, 7) is 8.63. The molecule has 6 rings (SSSR count). The molecule has 2 amide bonds. The number of aromatic nitrogens is 2. The van der Waals surface area contributed by atoms with Gasteiger partial charge in [0.2, 0.25) is 17.8 Å². The molecule has 0 radical (unpaired) electrons. The number of likely N-dealkylation sites (N-methyl/N-ethyl adjacent to an activating group) is 1. The second kappa shape index (κ2) is 10.5. The minimum atomic E-state index is -0.651. The van der Waals surface area contributed by atoms with Crippen molar-refractivity contribution < 1.29 is 9.59 Å². The van der Waals surface area contributed by atoms with E-state index in [9.17, 15) is 14.9 Å². The third kappa shape index (κ3) is 4.62. The van der Waals surface area contributed by atoms with Crippen LogP contribution in [0.2, 0.25) is 0 Å². The fraction of sp³-hybridized carbons (Fsp3) is 0.516. The van der Waals surface area contributed by atoms with Crippen LogP contribution < -0.4 is 15.1 Å². The summed E-state index contributed by atoms with van der Waals surface area (Å²) in [5, 5.41) is 12.8. The van der Waals surface area contributed by atoms with Gasteiger partial charge in [-0.25, -0.2) is 4.98 Å². The second-order valence-corrected chi connectivity index (χ2v) is 12.2. The van der Waals surface area contributed by atoms with Crippen molar-refractivity contribution in [1.82, 2.24) is 19.8 Å². The summed E-state index contributed by atoms with van der Waals surface area (Å²) in [7, 11) is 4.17. The lowest BCUT2D eigenvalue weighted by Gasteiger charge is -2.46. The summed E-state index contributed by atoms with van der Waals surface area (Å²) in [4.78, 5) is 45.3. The van der Waals surface area contributed by atoms with Gasteiger partial charge in [0.25, 0.3) is 0 Å². The van der Waals surface area contributed by atoms with E-state index in [0.717, 1.165) is 43.6 Å². The Morgan fingerprint density at radius 1 is 1.20 bits per heavy atom. The number of benzene rings is 1. The van der Waals surface area contributed by atoms with Gasteiger partial charge in [-0.15, -0.1) is 0 Å². The van der Waals surface area contributed by atoms with Crippen molar-refractivity contribution in [3.63, 3.8) is 0 Å². The van der Waals surface area contributed by atoms with Crippen molar-refractivity contribution in [1.29, 1.82) is 5.26 Å². The van der Waals surface area contributed by atoms with E-state index in [1.54, 1.807) is 11.8 Å². The SMILES string of the molecule is C=C(C)C(=O)N1CCN(c2nc(N3CC(N(C)C)C3)nc3c2NC(=O)C2(CCCc4ccccc42)C3)C[C@@H]1CC#N. The van der Waals surface area contributed by atoms with Crippen LogP contribution in [0.25, 0.3) is 0 Å². The molecule has 1 aromatic carbocycles. The van der Waals surface area contributed by atoms with Gasteiger partial charge in [-0.1, -0.05) is 30.8 Å². The summed E-state index contributed by atoms with van der Waals surface area (Å²) >= 11 is 0. The molecule has 1 N–H and O–H groups in total. The molecule has 2 atom stereocenters. The molecule has 10 heteroatoms. The number of nitrogens with one attached hydrogen (secondary N) is 1. The predicted octanol–water partition coefficient (Wildman–Crippen LogP) is 2.50. The van der Waals surface area contributed by atoms with E-state index in [4.69, 9.17) is 9.97 Å². The summed E-state index contributed by atoms with van der Waals surface area (Å²) in [5.41, 5.74) is 3.66. The summed E-state index contributed by atoms with van der Waals surface area (Å²) < 4.78 is 0. The van der Waals surface area contributed by atoms with Crippen molar-refractivity contribution >= 4 is 29.3 Å². The van der Waals surface area contributed by atoms with Crippen LogP contribution in [-0.4, -0.2) is 90.5 Å². The number of nitriles is 1. The van der Waals surface area contributed by atoms with E-state index in [0.29, 0.717) is 55.1 Å². The molecule has 0 saturated carbocycles. The molecular formula is C31H38N8O2. The highest BCUT2D eigenvalue weighted by Gasteiger charge is 2.48. The average Bonchev–Trinajstić information content (AvgIpc) is 2.92. The van der Waals surface area contributed by atoms with Crippen LogP contribution in [0.5, 0.6) is 0 Å². The Labute approximate surface area is 241 Å². The fourth-order valence-electron chi connectivity index (χ4n) is 6.83. The maximum Gasteiger partial charge on any atom is 0.249 e. The maximum atomic E-state index is 14.0. The number of carbonyl (C=O) groups excluding carboxylic acids is 2. The molecule has 4 heterocycles. The number of anilines is 3. The zero-order valence-electron chi connectivity index (χ0n) is 24.2. The summed E-state index contributed by atoms with van der Waals surface area (Å²) in [6.07, 6.45) is 3.44. The monoisotopic (exact) mass is 554 g/mol. The number of fused-ring (bicyclic) bond motifs is 3. The van der Waals surface area contributed by atoms with Crippen LogP contribution in [0.4, 0.5) is 17.5 Å². The number of nitrogens with zero attached hydrogens (tertiary/aromatic N) is 7. The van der Waals surface area contributed by atoms with E-state index in [1.165, 1.54) is 5.56 Å². The van der Waals surface area contributed by atoms with Crippen LogP contribution in [0.1, 0.15) is 43.0 Å². The van der Waals surface area contributed by atoms with Gasteiger partial charge in [-0.2, -0.15) is 10.2 Å². The summed E-state index contributed by atoms with van der Waals surface area (Å²) in [6, 6.07) is 10.7. The zero-order chi connectivity index (χ0) is 28.9. The minimum absolute atomic E-state index is 0.00366. The fourth-order valence-corrected chi connectivity index (χ4v) is 6.83. The Kier molecular flexibility index (Phi) is 6.94. The van der Waals surface area contributed by atoms with E-state index >= 15 is 0 Å². The van der Waals surface area contributed by atoms with Gasteiger partial charge < -0.3 is 24.9 Å². The van der Waals surface area contributed by atoms with Gasteiger partial charge in [0.15, 0.2) is 5.82 Å². The minimum Gasteiger partial charge on any atom is -0.351 e. The van der Waals surface area contributed by atoms with Crippen LogP contribution in [0.3, 0.4) is 0 Å². The molecule has 3 aliphatic heterocycles. The van der Waals surface area contributed by atoms with Crippen LogP contribution in [0.15, 0.2) is 36.4 Å². The van der Waals surface area contributed by atoms with Gasteiger partial charge in [0.1, 0.15) is 5.69 Å². The van der Waals surface area contributed by atoms with Crippen molar-refractivity contribution in [2.24, 2.45) is 0 Å². The van der Waals surface area contributed by atoms with Crippen LogP contribution >= 0.6 is 0 Å². The van der Waals surface area contributed by atoms with Gasteiger partial charge in [0, 0.05) is 50.8 Å².